The highest BCUT2D eigenvalue weighted by Crippen LogP contribution is 2.10. The van der Waals surface area contributed by atoms with Crippen LogP contribution in [-0.4, -0.2) is 10.9 Å². The average molecular weight is 271 g/mol. The molecule has 1 heterocycles. The van der Waals surface area contributed by atoms with E-state index in [0.29, 0.717) is 0 Å². The third-order valence-corrected chi connectivity index (χ3v) is 2.57. The van der Waals surface area contributed by atoms with E-state index in [9.17, 15) is 0 Å². The van der Waals surface area contributed by atoms with Crippen LogP contribution >= 0.6 is 39.9 Å². The molecule has 0 fully saturated rings. The zero-order valence-corrected chi connectivity index (χ0v) is 10.3. The molecule has 0 saturated carbocycles. The van der Waals surface area contributed by atoms with Crippen molar-refractivity contribution in [1.82, 2.24) is 4.98 Å². The third-order valence-electron chi connectivity index (χ3n) is 1.48. The molecule has 0 amide bonds. The van der Waals surface area contributed by atoms with Crippen LogP contribution < -0.4 is 0 Å². The number of hydrogen-bond acceptors (Lipinski definition) is 2. The van der Waals surface area contributed by atoms with Crippen molar-refractivity contribution in [3.05, 3.63) is 16.1 Å². The van der Waals surface area contributed by atoms with Crippen molar-refractivity contribution < 1.29 is 0 Å². The van der Waals surface area contributed by atoms with Crippen molar-refractivity contribution in [2.45, 2.75) is 26.2 Å². The number of halogens is 2. The van der Waals surface area contributed by atoms with E-state index in [2.05, 4.69) is 10.4 Å². The fraction of sp³-hybridized carbons (Fsp3) is 0.625. The summed E-state index contributed by atoms with van der Waals surface area (Å²) in [7, 11) is 0. The van der Waals surface area contributed by atoms with Crippen LogP contribution in [0.15, 0.2) is 5.38 Å². The molecule has 0 aliphatic heterocycles. The highest BCUT2D eigenvalue weighted by atomic mass is 79.9. The first kappa shape index (κ1) is 12.4. The molecule has 0 aliphatic carbocycles. The average Bonchev–Trinajstić information content (AvgIpc) is 2.37. The molecule has 0 atom stereocenters. The van der Waals surface area contributed by atoms with Crippen molar-refractivity contribution in [2.75, 3.05) is 5.88 Å². The SMILES string of the molecule is Br.Cc1nc(CCCCCl)cs1. The molecule has 1 aromatic rings. The summed E-state index contributed by atoms with van der Waals surface area (Å²) in [5.41, 5.74) is 1.22. The fourth-order valence-corrected chi connectivity index (χ4v) is 1.76. The van der Waals surface area contributed by atoms with E-state index in [-0.39, 0.29) is 17.0 Å². The van der Waals surface area contributed by atoms with Gasteiger partial charge >= 0.3 is 0 Å². The maximum Gasteiger partial charge on any atom is 0.0897 e. The Bertz CT molecular complexity index is 215. The Morgan fingerprint density at radius 1 is 1.50 bits per heavy atom. The predicted molar refractivity (Wildman–Crippen MR) is 60.8 cm³/mol. The molecule has 70 valence electrons. The molecule has 0 N–H and O–H groups in total. The smallest absolute Gasteiger partial charge is 0.0897 e. The number of nitrogens with zero attached hydrogens (tertiary/aromatic N) is 1. The van der Waals surface area contributed by atoms with E-state index in [1.807, 2.05) is 6.92 Å². The van der Waals surface area contributed by atoms with E-state index < -0.39 is 0 Å². The molecule has 0 aliphatic rings. The zero-order valence-electron chi connectivity index (χ0n) is 7.05. The van der Waals surface area contributed by atoms with Gasteiger partial charge in [-0.15, -0.1) is 39.9 Å². The Morgan fingerprint density at radius 2 is 2.25 bits per heavy atom. The van der Waals surface area contributed by atoms with Gasteiger partial charge in [0.15, 0.2) is 0 Å². The van der Waals surface area contributed by atoms with Crippen molar-refractivity contribution >= 4 is 39.9 Å². The lowest BCUT2D eigenvalue weighted by atomic mass is 10.2. The lowest BCUT2D eigenvalue weighted by molar-refractivity contribution is 0.784. The first-order valence-corrected chi connectivity index (χ1v) is 5.21. The second-order valence-corrected chi connectivity index (χ2v) is 3.94. The second-order valence-electron chi connectivity index (χ2n) is 2.50. The van der Waals surface area contributed by atoms with Gasteiger partial charge in [0.1, 0.15) is 0 Å². The highest BCUT2D eigenvalue weighted by molar-refractivity contribution is 8.93. The third kappa shape index (κ3) is 4.43. The Balaban J connectivity index is 0.00000121. The number of aromatic nitrogens is 1. The number of unbranched alkanes of at least 4 members (excludes halogenated alkanes) is 1. The Morgan fingerprint density at radius 3 is 2.75 bits per heavy atom. The maximum absolute atomic E-state index is 5.56. The first-order chi connectivity index (χ1) is 5.33. The summed E-state index contributed by atoms with van der Waals surface area (Å²) in [5, 5.41) is 3.29. The maximum atomic E-state index is 5.56. The minimum absolute atomic E-state index is 0. The van der Waals surface area contributed by atoms with Gasteiger partial charge in [-0.05, 0) is 26.2 Å². The summed E-state index contributed by atoms with van der Waals surface area (Å²) in [6, 6.07) is 0. The van der Waals surface area contributed by atoms with E-state index in [1.165, 1.54) is 5.69 Å². The monoisotopic (exact) mass is 269 g/mol. The van der Waals surface area contributed by atoms with Crippen LogP contribution in [0.4, 0.5) is 0 Å². The van der Waals surface area contributed by atoms with E-state index >= 15 is 0 Å². The van der Waals surface area contributed by atoms with Gasteiger partial charge < -0.3 is 0 Å². The van der Waals surface area contributed by atoms with Crippen LogP contribution in [0.3, 0.4) is 0 Å². The van der Waals surface area contributed by atoms with Crippen molar-refractivity contribution in [3.8, 4) is 0 Å². The van der Waals surface area contributed by atoms with Crippen LogP contribution in [0.5, 0.6) is 0 Å². The lowest BCUT2D eigenvalue weighted by Gasteiger charge is -1.92. The van der Waals surface area contributed by atoms with Gasteiger partial charge in [0.25, 0.3) is 0 Å². The molecule has 0 unspecified atom stereocenters. The van der Waals surface area contributed by atoms with Gasteiger partial charge in [0.2, 0.25) is 0 Å². The Kier molecular flexibility index (Phi) is 7.10. The number of alkyl halides is 1. The van der Waals surface area contributed by atoms with Crippen LogP contribution in [0.25, 0.3) is 0 Å². The predicted octanol–water partition coefficient (Wildman–Crippen LogP) is 3.59. The molecule has 0 radical (unpaired) electrons. The summed E-state index contributed by atoms with van der Waals surface area (Å²) in [4.78, 5) is 4.36. The van der Waals surface area contributed by atoms with Crippen LogP contribution in [0.1, 0.15) is 23.5 Å². The van der Waals surface area contributed by atoms with Gasteiger partial charge in [-0.1, -0.05) is 0 Å². The van der Waals surface area contributed by atoms with E-state index in [1.54, 1.807) is 11.3 Å². The molecular weight excluding hydrogens is 258 g/mol. The molecule has 1 nitrogen and oxygen atoms in total. The quantitative estimate of drug-likeness (QED) is 0.602. The molecule has 4 heteroatoms. The van der Waals surface area contributed by atoms with Crippen molar-refractivity contribution in [1.29, 1.82) is 0 Å². The summed E-state index contributed by atoms with van der Waals surface area (Å²) < 4.78 is 0. The van der Waals surface area contributed by atoms with Gasteiger partial charge in [-0.3, -0.25) is 0 Å². The Hall–Kier alpha value is 0.400. The van der Waals surface area contributed by atoms with E-state index in [0.717, 1.165) is 30.2 Å². The number of rotatable bonds is 4. The normalized spacial score (nSPS) is 9.50. The minimum Gasteiger partial charge on any atom is -0.247 e. The highest BCUT2D eigenvalue weighted by Gasteiger charge is 1.96. The molecule has 0 saturated heterocycles. The lowest BCUT2D eigenvalue weighted by Crippen LogP contribution is -1.86. The van der Waals surface area contributed by atoms with E-state index in [4.69, 9.17) is 11.6 Å². The minimum atomic E-state index is 0. The van der Waals surface area contributed by atoms with Gasteiger partial charge in [-0.2, -0.15) is 0 Å². The van der Waals surface area contributed by atoms with Crippen LogP contribution in [0.2, 0.25) is 0 Å². The molecule has 0 aromatic carbocycles. The summed E-state index contributed by atoms with van der Waals surface area (Å²) in [6.45, 7) is 2.04. The number of hydrogen-bond donors (Lipinski definition) is 0. The summed E-state index contributed by atoms with van der Waals surface area (Å²) in [5.74, 6) is 0.767. The standard InChI is InChI=1S/C8H12ClNS.BrH/c1-7-10-8(6-11-7)4-2-3-5-9;/h6H,2-5H2,1H3;1H. The van der Waals surface area contributed by atoms with Crippen molar-refractivity contribution in [2.24, 2.45) is 0 Å². The molecule has 0 bridgehead atoms. The van der Waals surface area contributed by atoms with Gasteiger partial charge in [0.05, 0.1) is 10.7 Å². The number of aryl methyl sites for hydroxylation is 2. The van der Waals surface area contributed by atoms with Gasteiger partial charge in [-0.25, -0.2) is 4.98 Å². The molecule has 12 heavy (non-hydrogen) atoms. The first-order valence-electron chi connectivity index (χ1n) is 3.80. The molecule has 1 rings (SSSR count). The molecule has 0 spiro atoms. The number of thiazole rings is 1. The van der Waals surface area contributed by atoms with Crippen LogP contribution in [-0.2, 0) is 6.42 Å². The molecular formula is C8H13BrClNS. The topological polar surface area (TPSA) is 12.9 Å². The second kappa shape index (κ2) is 6.87. The largest absolute Gasteiger partial charge is 0.247 e. The Labute approximate surface area is 92.9 Å². The zero-order chi connectivity index (χ0) is 8.10. The van der Waals surface area contributed by atoms with Crippen LogP contribution in [0, 0.1) is 6.92 Å². The molecule has 1 aromatic heterocycles. The van der Waals surface area contributed by atoms with Crippen molar-refractivity contribution in [3.63, 3.8) is 0 Å². The summed E-state index contributed by atoms with van der Waals surface area (Å²) in [6.07, 6.45) is 3.34. The fourth-order valence-electron chi connectivity index (χ4n) is 0.924. The summed E-state index contributed by atoms with van der Waals surface area (Å²) >= 11 is 7.27. The van der Waals surface area contributed by atoms with Gasteiger partial charge in [0, 0.05) is 11.3 Å².